The van der Waals surface area contributed by atoms with Crippen molar-refractivity contribution in [1.29, 1.82) is 0 Å². The van der Waals surface area contributed by atoms with E-state index in [1.165, 1.54) is 0 Å². The number of likely N-dealkylation sites (tertiary alicyclic amines) is 1. The molecule has 3 N–H and O–H groups in total. The fourth-order valence-electron chi connectivity index (χ4n) is 2.49. The maximum Gasteiger partial charge on any atom is 0.270 e. The molecule has 0 aromatic carbocycles. The number of carbonyl (C=O) groups is 1. The van der Waals surface area contributed by atoms with Gasteiger partial charge in [0.2, 0.25) is 0 Å². The minimum Gasteiger partial charge on any atom is -0.397 e. The van der Waals surface area contributed by atoms with E-state index in [4.69, 9.17) is 5.73 Å². The lowest BCUT2D eigenvalue weighted by Gasteiger charge is -2.35. The first-order chi connectivity index (χ1) is 8.93. The van der Waals surface area contributed by atoms with Gasteiger partial charge in [0.1, 0.15) is 5.69 Å². The van der Waals surface area contributed by atoms with Gasteiger partial charge in [0, 0.05) is 25.8 Å². The zero-order valence-electron chi connectivity index (χ0n) is 11.7. The van der Waals surface area contributed by atoms with Crippen LogP contribution in [-0.2, 0) is 6.54 Å². The van der Waals surface area contributed by atoms with Gasteiger partial charge in [-0.15, -0.1) is 0 Å². The van der Waals surface area contributed by atoms with Crippen LogP contribution in [0.25, 0.3) is 0 Å². The summed E-state index contributed by atoms with van der Waals surface area (Å²) in [5.74, 6) is 0.0145. The molecule has 0 unspecified atom stereocenters. The second-order valence-corrected chi connectivity index (χ2v) is 5.64. The van der Waals surface area contributed by atoms with Crippen molar-refractivity contribution >= 4 is 11.6 Å². The second kappa shape index (κ2) is 5.25. The molecule has 1 aliphatic rings. The molecule has 2 rings (SSSR count). The Morgan fingerprint density at radius 3 is 2.68 bits per heavy atom. The highest BCUT2D eigenvalue weighted by Crippen LogP contribution is 2.23. The van der Waals surface area contributed by atoms with E-state index in [2.05, 4.69) is 6.92 Å². The number of aryl methyl sites for hydroxylation is 1. The number of hydrogen-bond acceptors (Lipinski definition) is 3. The molecule has 0 aliphatic carbocycles. The number of piperidine rings is 1. The van der Waals surface area contributed by atoms with E-state index in [1.807, 2.05) is 17.7 Å². The van der Waals surface area contributed by atoms with E-state index in [1.54, 1.807) is 11.0 Å². The first-order valence-electron chi connectivity index (χ1n) is 6.90. The van der Waals surface area contributed by atoms with E-state index < -0.39 is 5.60 Å². The second-order valence-electron chi connectivity index (χ2n) is 5.64. The first kappa shape index (κ1) is 13.9. The molecule has 2 heterocycles. The number of aromatic nitrogens is 1. The molecule has 5 nitrogen and oxygen atoms in total. The number of aliphatic hydroxyl groups is 1. The van der Waals surface area contributed by atoms with Crippen molar-refractivity contribution < 1.29 is 9.90 Å². The van der Waals surface area contributed by atoms with Crippen molar-refractivity contribution in [2.75, 3.05) is 18.8 Å². The molecular formula is C14H23N3O2. The zero-order chi connectivity index (χ0) is 14.0. The van der Waals surface area contributed by atoms with E-state index in [9.17, 15) is 9.90 Å². The number of amides is 1. The number of nitrogen functional groups attached to an aromatic ring is 1. The Hall–Kier alpha value is -1.49. The fourth-order valence-corrected chi connectivity index (χ4v) is 2.49. The first-order valence-corrected chi connectivity index (χ1v) is 6.90. The maximum absolute atomic E-state index is 12.5. The Morgan fingerprint density at radius 1 is 1.47 bits per heavy atom. The van der Waals surface area contributed by atoms with Crippen molar-refractivity contribution in [2.45, 2.75) is 45.3 Å². The Morgan fingerprint density at radius 2 is 2.11 bits per heavy atom. The molecule has 106 valence electrons. The summed E-state index contributed by atoms with van der Waals surface area (Å²) in [7, 11) is 0. The van der Waals surface area contributed by atoms with Crippen LogP contribution in [0.15, 0.2) is 12.3 Å². The molecule has 0 bridgehead atoms. The van der Waals surface area contributed by atoms with Crippen LogP contribution in [0.5, 0.6) is 0 Å². The van der Waals surface area contributed by atoms with Gasteiger partial charge in [-0.2, -0.15) is 0 Å². The third-order valence-electron chi connectivity index (χ3n) is 3.73. The number of rotatable bonds is 3. The molecule has 1 amide bonds. The monoisotopic (exact) mass is 265 g/mol. The van der Waals surface area contributed by atoms with Crippen LogP contribution in [0, 0.1) is 0 Å². The summed E-state index contributed by atoms with van der Waals surface area (Å²) in [5, 5.41) is 9.92. The highest BCUT2D eigenvalue weighted by atomic mass is 16.3. The van der Waals surface area contributed by atoms with E-state index >= 15 is 0 Å². The summed E-state index contributed by atoms with van der Waals surface area (Å²) in [4.78, 5) is 14.3. The summed E-state index contributed by atoms with van der Waals surface area (Å²) in [5.41, 5.74) is 6.43. The minimum atomic E-state index is -0.638. The van der Waals surface area contributed by atoms with Crippen LogP contribution in [0.1, 0.15) is 43.6 Å². The molecule has 1 fully saturated rings. The molecule has 0 radical (unpaired) electrons. The molecule has 0 atom stereocenters. The molecule has 1 aromatic heterocycles. The van der Waals surface area contributed by atoms with Crippen LogP contribution in [0.4, 0.5) is 5.69 Å². The van der Waals surface area contributed by atoms with Crippen LogP contribution in [-0.4, -0.2) is 39.2 Å². The number of hydrogen-bond donors (Lipinski definition) is 2. The molecule has 1 aliphatic heterocycles. The summed E-state index contributed by atoms with van der Waals surface area (Å²) in [6.07, 6.45) is 4.03. The van der Waals surface area contributed by atoms with Crippen molar-refractivity contribution in [3.05, 3.63) is 18.0 Å². The molecule has 1 aromatic rings. The highest BCUT2D eigenvalue weighted by molar-refractivity contribution is 5.94. The number of nitrogens with zero attached hydrogens (tertiary/aromatic N) is 2. The molecule has 5 heteroatoms. The van der Waals surface area contributed by atoms with Gasteiger partial charge in [-0.1, -0.05) is 6.92 Å². The topological polar surface area (TPSA) is 71.5 Å². The SMILES string of the molecule is CCCn1cc(N)cc1C(=O)N1CCC(C)(O)CC1. The van der Waals surface area contributed by atoms with Gasteiger partial charge in [-0.25, -0.2) is 0 Å². The van der Waals surface area contributed by atoms with Crippen LogP contribution >= 0.6 is 0 Å². The highest BCUT2D eigenvalue weighted by Gasteiger charge is 2.30. The fraction of sp³-hybridized carbons (Fsp3) is 0.643. The number of anilines is 1. The average molecular weight is 265 g/mol. The van der Waals surface area contributed by atoms with E-state index in [0.29, 0.717) is 37.3 Å². The third-order valence-corrected chi connectivity index (χ3v) is 3.73. The Bertz CT molecular complexity index is 455. The molecule has 1 saturated heterocycles. The molecule has 0 saturated carbocycles. The van der Waals surface area contributed by atoms with E-state index in [0.717, 1.165) is 13.0 Å². The summed E-state index contributed by atoms with van der Waals surface area (Å²) in [6.45, 7) is 5.89. The number of nitrogens with two attached hydrogens (primary N) is 1. The lowest BCUT2D eigenvalue weighted by atomic mass is 9.94. The molecular weight excluding hydrogens is 242 g/mol. The Kier molecular flexibility index (Phi) is 3.85. The summed E-state index contributed by atoms with van der Waals surface area (Å²) < 4.78 is 1.92. The van der Waals surface area contributed by atoms with Gasteiger partial charge in [0.15, 0.2) is 0 Å². The van der Waals surface area contributed by atoms with Crippen LogP contribution in [0.3, 0.4) is 0 Å². The normalized spacial score (nSPS) is 18.6. The molecule has 0 spiro atoms. The quantitative estimate of drug-likeness (QED) is 0.869. The van der Waals surface area contributed by atoms with Crippen molar-refractivity contribution in [2.24, 2.45) is 0 Å². The van der Waals surface area contributed by atoms with Crippen molar-refractivity contribution in [1.82, 2.24) is 9.47 Å². The van der Waals surface area contributed by atoms with Gasteiger partial charge in [0.05, 0.1) is 11.3 Å². The minimum absolute atomic E-state index is 0.0145. The lowest BCUT2D eigenvalue weighted by Crippen LogP contribution is -2.45. The van der Waals surface area contributed by atoms with Gasteiger partial charge in [-0.3, -0.25) is 4.79 Å². The third kappa shape index (κ3) is 3.10. The Balaban J connectivity index is 2.12. The predicted molar refractivity (Wildman–Crippen MR) is 74.9 cm³/mol. The predicted octanol–water partition coefficient (Wildman–Crippen LogP) is 1.47. The summed E-state index contributed by atoms with van der Waals surface area (Å²) >= 11 is 0. The average Bonchev–Trinajstić information content (AvgIpc) is 2.70. The summed E-state index contributed by atoms with van der Waals surface area (Å²) in [6, 6.07) is 1.74. The number of carbonyl (C=O) groups excluding carboxylic acids is 1. The maximum atomic E-state index is 12.5. The van der Waals surface area contributed by atoms with Gasteiger partial charge < -0.3 is 20.3 Å². The smallest absolute Gasteiger partial charge is 0.270 e. The lowest BCUT2D eigenvalue weighted by molar-refractivity contribution is -0.00231. The van der Waals surface area contributed by atoms with Crippen molar-refractivity contribution in [3.8, 4) is 0 Å². The van der Waals surface area contributed by atoms with Gasteiger partial charge in [0.25, 0.3) is 5.91 Å². The Labute approximate surface area is 114 Å². The zero-order valence-corrected chi connectivity index (χ0v) is 11.7. The van der Waals surface area contributed by atoms with Crippen molar-refractivity contribution in [3.63, 3.8) is 0 Å². The van der Waals surface area contributed by atoms with E-state index in [-0.39, 0.29) is 5.91 Å². The molecule has 19 heavy (non-hydrogen) atoms. The van der Waals surface area contributed by atoms with Gasteiger partial charge >= 0.3 is 0 Å². The van der Waals surface area contributed by atoms with Crippen LogP contribution in [0.2, 0.25) is 0 Å². The van der Waals surface area contributed by atoms with Crippen LogP contribution < -0.4 is 5.73 Å². The largest absolute Gasteiger partial charge is 0.397 e. The standard InChI is InChI=1S/C14H23N3O2/c1-3-6-17-10-11(15)9-12(17)13(18)16-7-4-14(2,19)5-8-16/h9-10,19H,3-8,15H2,1-2H3. The van der Waals surface area contributed by atoms with Gasteiger partial charge in [-0.05, 0) is 32.3 Å².